The van der Waals surface area contributed by atoms with E-state index in [2.05, 4.69) is 20.4 Å². The van der Waals surface area contributed by atoms with Crippen molar-refractivity contribution in [3.8, 4) is 6.01 Å². The molecular weight excluding hydrogens is 266 g/mol. The van der Waals surface area contributed by atoms with Crippen molar-refractivity contribution in [2.45, 2.75) is 43.2 Å². The van der Waals surface area contributed by atoms with E-state index in [4.69, 9.17) is 15.3 Å². The zero-order valence-electron chi connectivity index (χ0n) is 11.1. The molecule has 8 heteroatoms. The molecule has 106 valence electrons. The SMILES string of the molecule is CC(C)Oc1nc(NN)nc(SC2CCOCC2)n1. The number of hydrogen-bond acceptors (Lipinski definition) is 8. The van der Waals surface area contributed by atoms with Gasteiger partial charge in [-0.15, -0.1) is 0 Å². The number of anilines is 1. The van der Waals surface area contributed by atoms with Crippen LogP contribution in [-0.2, 0) is 4.74 Å². The van der Waals surface area contributed by atoms with Crippen LogP contribution in [0.3, 0.4) is 0 Å². The largest absolute Gasteiger partial charge is 0.461 e. The van der Waals surface area contributed by atoms with Gasteiger partial charge in [-0.05, 0) is 26.7 Å². The van der Waals surface area contributed by atoms with Crippen LogP contribution >= 0.6 is 11.8 Å². The van der Waals surface area contributed by atoms with Crippen molar-refractivity contribution in [3.05, 3.63) is 0 Å². The Balaban J connectivity index is 2.09. The summed E-state index contributed by atoms with van der Waals surface area (Å²) >= 11 is 1.62. The van der Waals surface area contributed by atoms with E-state index in [0.29, 0.717) is 22.4 Å². The monoisotopic (exact) mass is 285 g/mol. The Morgan fingerprint density at radius 2 is 2.05 bits per heavy atom. The lowest BCUT2D eigenvalue weighted by atomic mass is 10.2. The first kappa shape index (κ1) is 14.3. The fourth-order valence-electron chi connectivity index (χ4n) is 1.66. The maximum absolute atomic E-state index is 5.49. The average molecular weight is 285 g/mol. The van der Waals surface area contributed by atoms with Crippen molar-refractivity contribution in [1.82, 2.24) is 15.0 Å². The van der Waals surface area contributed by atoms with Crippen molar-refractivity contribution < 1.29 is 9.47 Å². The van der Waals surface area contributed by atoms with Gasteiger partial charge in [-0.3, -0.25) is 5.43 Å². The summed E-state index contributed by atoms with van der Waals surface area (Å²) < 4.78 is 10.8. The molecule has 0 aliphatic carbocycles. The molecule has 0 saturated carbocycles. The fraction of sp³-hybridized carbons (Fsp3) is 0.727. The minimum atomic E-state index is 0.00829. The molecule has 1 aromatic heterocycles. The van der Waals surface area contributed by atoms with Crippen LogP contribution in [0, 0.1) is 0 Å². The van der Waals surface area contributed by atoms with Crippen LogP contribution in [0.4, 0.5) is 5.95 Å². The summed E-state index contributed by atoms with van der Waals surface area (Å²) in [7, 11) is 0. The Hall–Kier alpha value is -1.12. The van der Waals surface area contributed by atoms with Gasteiger partial charge < -0.3 is 9.47 Å². The van der Waals surface area contributed by atoms with Crippen molar-refractivity contribution in [1.29, 1.82) is 0 Å². The number of aromatic nitrogens is 3. The molecular formula is C11H19N5O2S. The Kier molecular flexibility index (Phi) is 5.17. The first-order chi connectivity index (χ1) is 9.17. The zero-order valence-corrected chi connectivity index (χ0v) is 11.9. The first-order valence-corrected chi connectivity index (χ1v) is 7.19. The third-order valence-corrected chi connectivity index (χ3v) is 3.70. The minimum Gasteiger partial charge on any atom is -0.461 e. The van der Waals surface area contributed by atoms with Crippen molar-refractivity contribution in [3.63, 3.8) is 0 Å². The number of nitrogens with two attached hydrogens (primary N) is 1. The predicted molar refractivity (Wildman–Crippen MR) is 73.1 cm³/mol. The molecule has 1 fully saturated rings. The fourth-order valence-corrected chi connectivity index (χ4v) is 2.66. The van der Waals surface area contributed by atoms with Gasteiger partial charge in [0.2, 0.25) is 5.95 Å². The van der Waals surface area contributed by atoms with Gasteiger partial charge in [0.25, 0.3) is 0 Å². The molecule has 2 heterocycles. The van der Waals surface area contributed by atoms with Gasteiger partial charge in [0, 0.05) is 18.5 Å². The van der Waals surface area contributed by atoms with E-state index in [9.17, 15) is 0 Å². The summed E-state index contributed by atoms with van der Waals surface area (Å²) in [5.74, 6) is 5.68. The van der Waals surface area contributed by atoms with E-state index in [-0.39, 0.29) is 6.10 Å². The van der Waals surface area contributed by atoms with Crippen LogP contribution in [-0.4, -0.2) is 39.5 Å². The Labute approximate surface area is 116 Å². The van der Waals surface area contributed by atoms with Crippen LogP contribution in [0.5, 0.6) is 6.01 Å². The number of ether oxygens (including phenoxy) is 2. The molecule has 2 rings (SSSR count). The summed E-state index contributed by atoms with van der Waals surface area (Å²) in [6.07, 6.45) is 2.01. The molecule has 19 heavy (non-hydrogen) atoms. The summed E-state index contributed by atoms with van der Waals surface area (Å²) in [5.41, 5.74) is 2.44. The van der Waals surface area contributed by atoms with Gasteiger partial charge in [-0.2, -0.15) is 15.0 Å². The number of rotatable bonds is 5. The summed E-state index contributed by atoms with van der Waals surface area (Å²) in [6, 6.07) is 0.299. The third-order valence-electron chi connectivity index (χ3n) is 2.50. The van der Waals surface area contributed by atoms with E-state index < -0.39 is 0 Å². The molecule has 0 spiro atoms. The first-order valence-electron chi connectivity index (χ1n) is 6.31. The second-order valence-corrected chi connectivity index (χ2v) is 5.73. The summed E-state index contributed by atoms with van der Waals surface area (Å²) in [4.78, 5) is 12.6. The van der Waals surface area contributed by atoms with E-state index in [1.54, 1.807) is 11.8 Å². The summed E-state index contributed by atoms with van der Waals surface area (Å²) in [5, 5.41) is 1.10. The highest BCUT2D eigenvalue weighted by molar-refractivity contribution is 7.99. The van der Waals surface area contributed by atoms with Crippen molar-refractivity contribution in [2.75, 3.05) is 18.6 Å². The quantitative estimate of drug-likeness (QED) is 0.616. The molecule has 1 aromatic rings. The van der Waals surface area contributed by atoms with Gasteiger partial charge in [-0.25, -0.2) is 5.84 Å². The van der Waals surface area contributed by atoms with E-state index in [0.717, 1.165) is 26.1 Å². The zero-order chi connectivity index (χ0) is 13.7. The normalized spacial score (nSPS) is 16.6. The third kappa shape index (κ3) is 4.48. The van der Waals surface area contributed by atoms with E-state index >= 15 is 0 Å². The molecule has 0 unspecified atom stereocenters. The predicted octanol–water partition coefficient (Wildman–Crippen LogP) is 1.22. The molecule has 0 bridgehead atoms. The molecule has 0 amide bonds. The molecule has 0 aromatic carbocycles. The highest BCUT2D eigenvalue weighted by Gasteiger charge is 2.18. The van der Waals surface area contributed by atoms with Crippen molar-refractivity contribution in [2.24, 2.45) is 5.84 Å². The van der Waals surface area contributed by atoms with Crippen LogP contribution < -0.4 is 16.0 Å². The molecule has 1 aliphatic heterocycles. The summed E-state index contributed by atoms with van der Waals surface area (Å²) in [6.45, 7) is 5.43. The molecule has 7 nitrogen and oxygen atoms in total. The van der Waals surface area contributed by atoms with Gasteiger partial charge in [0.05, 0.1) is 6.10 Å². The van der Waals surface area contributed by atoms with Gasteiger partial charge >= 0.3 is 6.01 Å². The van der Waals surface area contributed by atoms with Gasteiger partial charge in [-0.1, -0.05) is 11.8 Å². The maximum atomic E-state index is 5.49. The number of hydrazine groups is 1. The van der Waals surface area contributed by atoms with Crippen LogP contribution in [0.25, 0.3) is 0 Å². The second-order valence-electron chi connectivity index (χ2n) is 4.46. The number of nitrogen functional groups attached to an aromatic ring is 1. The second kappa shape index (κ2) is 6.88. The smallest absolute Gasteiger partial charge is 0.322 e. The highest BCUT2D eigenvalue weighted by atomic mass is 32.2. The Morgan fingerprint density at radius 1 is 1.32 bits per heavy atom. The molecule has 1 saturated heterocycles. The lowest BCUT2D eigenvalue weighted by Crippen LogP contribution is -2.19. The highest BCUT2D eigenvalue weighted by Crippen LogP contribution is 2.28. The number of nitrogens with zero attached hydrogens (tertiary/aromatic N) is 3. The lowest BCUT2D eigenvalue weighted by Gasteiger charge is -2.20. The minimum absolute atomic E-state index is 0.00829. The lowest BCUT2D eigenvalue weighted by molar-refractivity contribution is 0.1000. The van der Waals surface area contributed by atoms with Gasteiger partial charge in [0.1, 0.15) is 0 Å². The maximum Gasteiger partial charge on any atom is 0.322 e. The molecule has 1 aliphatic rings. The van der Waals surface area contributed by atoms with Crippen LogP contribution in [0.2, 0.25) is 0 Å². The van der Waals surface area contributed by atoms with Gasteiger partial charge in [0.15, 0.2) is 5.16 Å². The van der Waals surface area contributed by atoms with E-state index in [1.807, 2.05) is 13.8 Å². The molecule has 0 atom stereocenters. The molecule has 3 N–H and O–H groups in total. The average Bonchev–Trinajstić information content (AvgIpc) is 2.38. The molecule has 0 radical (unpaired) electrons. The Morgan fingerprint density at radius 3 is 2.68 bits per heavy atom. The standard InChI is InChI=1S/C11H19N5O2S/c1-7(2)18-10-13-9(16-12)14-11(15-10)19-8-3-5-17-6-4-8/h7-8H,3-6,12H2,1-2H3,(H,13,14,15,16). The van der Waals surface area contributed by atoms with Crippen molar-refractivity contribution >= 4 is 17.7 Å². The number of thioether (sulfide) groups is 1. The number of nitrogens with one attached hydrogen (secondary N) is 1. The number of hydrogen-bond donors (Lipinski definition) is 2. The topological polar surface area (TPSA) is 95.2 Å². The Bertz CT molecular complexity index is 412. The van der Waals surface area contributed by atoms with Crippen LogP contribution in [0.15, 0.2) is 5.16 Å². The van der Waals surface area contributed by atoms with E-state index in [1.165, 1.54) is 0 Å². The van der Waals surface area contributed by atoms with Crippen LogP contribution in [0.1, 0.15) is 26.7 Å².